The van der Waals surface area contributed by atoms with Gasteiger partial charge in [0, 0.05) is 22.5 Å². The maximum Gasteiger partial charge on any atom is 0.318 e. The molecule has 18 heavy (non-hydrogen) atoms. The lowest BCUT2D eigenvalue weighted by Gasteiger charge is -2.17. The van der Waals surface area contributed by atoms with Gasteiger partial charge in [0.25, 0.3) is 0 Å². The summed E-state index contributed by atoms with van der Waals surface area (Å²) >= 11 is 12.2. The van der Waals surface area contributed by atoms with E-state index in [9.17, 15) is 9.59 Å². The van der Waals surface area contributed by atoms with Crippen LogP contribution in [-0.2, 0) is 14.3 Å². The van der Waals surface area contributed by atoms with Crippen LogP contribution in [0.2, 0.25) is 10.0 Å². The number of esters is 1. The number of nitrogens with one attached hydrogen (secondary N) is 1. The largest absolute Gasteiger partial charge is 0.468 e. The van der Waals surface area contributed by atoms with Crippen LogP contribution < -0.4 is 5.32 Å². The Morgan fingerprint density at radius 1 is 1.39 bits per heavy atom. The van der Waals surface area contributed by atoms with E-state index in [1.165, 1.54) is 7.11 Å². The zero-order valence-electron chi connectivity index (χ0n) is 9.57. The second-order valence-electron chi connectivity index (χ2n) is 3.99. The molecule has 6 heteroatoms. The number of methoxy groups -OCH3 is 1. The summed E-state index contributed by atoms with van der Waals surface area (Å²) < 4.78 is 4.65. The molecule has 96 valence electrons. The summed E-state index contributed by atoms with van der Waals surface area (Å²) in [6.45, 7) is 0.321. The highest BCUT2D eigenvalue weighted by atomic mass is 35.5. The van der Waals surface area contributed by atoms with E-state index in [1.807, 2.05) is 0 Å². The summed E-state index contributed by atoms with van der Waals surface area (Å²) in [4.78, 5) is 23.3. The van der Waals surface area contributed by atoms with Crippen LogP contribution in [0.3, 0.4) is 0 Å². The van der Waals surface area contributed by atoms with Gasteiger partial charge in [-0.2, -0.15) is 0 Å². The second kappa shape index (κ2) is 5.16. The van der Waals surface area contributed by atoms with Crippen molar-refractivity contribution in [3.63, 3.8) is 0 Å². The molecule has 0 saturated carbocycles. The minimum Gasteiger partial charge on any atom is -0.468 e. The Morgan fingerprint density at radius 2 is 2.00 bits per heavy atom. The van der Waals surface area contributed by atoms with Crippen molar-refractivity contribution in [3.05, 3.63) is 33.8 Å². The molecule has 1 heterocycles. The number of carbonyl (C=O) groups excluding carboxylic acids is 2. The Balaban J connectivity index is 2.44. The van der Waals surface area contributed by atoms with Gasteiger partial charge in [0.05, 0.1) is 7.11 Å². The molecule has 1 aromatic rings. The number of amides is 1. The predicted octanol–water partition coefficient (Wildman–Crippen LogP) is 2.00. The number of ether oxygens (including phenoxy) is 1. The van der Waals surface area contributed by atoms with Crippen LogP contribution in [0.5, 0.6) is 0 Å². The summed E-state index contributed by atoms with van der Waals surface area (Å²) in [6, 6.07) is 5.07. The molecule has 1 aromatic carbocycles. The normalized spacial score (nSPS) is 22.7. The van der Waals surface area contributed by atoms with Gasteiger partial charge in [-0.15, -0.1) is 0 Å². The first-order valence-corrected chi connectivity index (χ1v) is 6.11. The van der Waals surface area contributed by atoms with Crippen molar-refractivity contribution in [2.24, 2.45) is 5.92 Å². The SMILES string of the molecule is COC(=O)C1C(=O)NCC1c1c(Cl)cccc1Cl. The fraction of sp³-hybridized carbons (Fsp3) is 0.333. The van der Waals surface area contributed by atoms with Crippen LogP contribution in [0, 0.1) is 5.92 Å². The van der Waals surface area contributed by atoms with Crippen LogP contribution in [0.15, 0.2) is 18.2 Å². The Hall–Kier alpha value is -1.26. The van der Waals surface area contributed by atoms with Crippen molar-refractivity contribution in [1.82, 2.24) is 5.32 Å². The van der Waals surface area contributed by atoms with Crippen molar-refractivity contribution >= 4 is 35.1 Å². The number of halogens is 2. The number of carbonyl (C=O) groups is 2. The zero-order valence-corrected chi connectivity index (χ0v) is 11.1. The van der Waals surface area contributed by atoms with Crippen LogP contribution in [0.25, 0.3) is 0 Å². The molecule has 1 saturated heterocycles. The van der Waals surface area contributed by atoms with E-state index in [-0.39, 0.29) is 5.91 Å². The van der Waals surface area contributed by atoms with Crippen LogP contribution in [-0.4, -0.2) is 25.5 Å². The number of rotatable bonds is 2. The van der Waals surface area contributed by atoms with E-state index >= 15 is 0 Å². The fourth-order valence-electron chi connectivity index (χ4n) is 2.15. The predicted molar refractivity (Wildman–Crippen MR) is 67.7 cm³/mol. The number of hydrogen-bond acceptors (Lipinski definition) is 3. The molecule has 0 aliphatic carbocycles. The Morgan fingerprint density at radius 3 is 2.56 bits per heavy atom. The van der Waals surface area contributed by atoms with E-state index in [1.54, 1.807) is 18.2 Å². The molecule has 1 aliphatic rings. The van der Waals surface area contributed by atoms with Gasteiger partial charge in [-0.1, -0.05) is 29.3 Å². The molecule has 0 aromatic heterocycles. The maximum atomic E-state index is 11.7. The van der Waals surface area contributed by atoms with Crippen molar-refractivity contribution in [3.8, 4) is 0 Å². The molecular formula is C12H11Cl2NO3. The van der Waals surface area contributed by atoms with Gasteiger partial charge in [0.15, 0.2) is 0 Å². The molecule has 2 rings (SSSR count). The van der Waals surface area contributed by atoms with Gasteiger partial charge in [-0.3, -0.25) is 9.59 Å². The van der Waals surface area contributed by atoms with Gasteiger partial charge in [-0.25, -0.2) is 0 Å². The Bertz CT molecular complexity index is 484. The molecule has 0 radical (unpaired) electrons. The topological polar surface area (TPSA) is 55.4 Å². The summed E-state index contributed by atoms with van der Waals surface area (Å²) in [5.74, 6) is -2.23. The minimum absolute atomic E-state index is 0.321. The molecule has 1 N–H and O–H groups in total. The van der Waals surface area contributed by atoms with Crippen LogP contribution in [0.4, 0.5) is 0 Å². The van der Waals surface area contributed by atoms with E-state index < -0.39 is 17.8 Å². The fourth-order valence-corrected chi connectivity index (χ4v) is 2.83. The lowest BCUT2D eigenvalue weighted by atomic mass is 9.88. The molecule has 2 unspecified atom stereocenters. The molecule has 4 nitrogen and oxygen atoms in total. The summed E-state index contributed by atoms with van der Waals surface area (Å²) in [7, 11) is 1.25. The van der Waals surface area contributed by atoms with Gasteiger partial charge in [0.1, 0.15) is 5.92 Å². The first kappa shape index (κ1) is 13.2. The lowest BCUT2D eigenvalue weighted by Crippen LogP contribution is -2.28. The summed E-state index contributed by atoms with van der Waals surface area (Å²) in [5.41, 5.74) is 0.606. The van der Waals surface area contributed by atoms with E-state index in [2.05, 4.69) is 10.1 Å². The van der Waals surface area contributed by atoms with Crippen molar-refractivity contribution < 1.29 is 14.3 Å². The highest BCUT2D eigenvalue weighted by molar-refractivity contribution is 6.36. The van der Waals surface area contributed by atoms with Gasteiger partial charge in [0.2, 0.25) is 5.91 Å². The van der Waals surface area contributed by atoms with Gasteiger partial charge in [-0.05, 0) is 17.7 Å². The average Bonchev–Trinajstić information content (AvgIpc) is 2.70. The summed E-state index contributed by atoms with van der Waals surface area (Å²) in [6.07, 6.45) is 0. The highest BCUT2D eigenvalue weighted by Crippen LogP contribution is 2.38. The first-order chi connectivity index (χ1) is 8.56. The Kier molecular flexibility index (Phi) is 3.78. The third-order valence-corrected chi connectivity index (χ3v) is 3.67. The average molecular weight is 288 g/mol. The van der Waals surface area contributed by atoms with E-state index in [0.717, 1.165) is 0 Å². The number of hydrogen-bond donors (Lipinski definition) is 1. The van der Waals surface area contributed by atoms with Crippen molar-refractivity contribution in [2.45, 2.75) is 5.92 Å². The van der Waals surface area contributed by atoms with Gasteiger partial charge >= 0.3 is 5.97 Å². The summed E-state index contributed by atoms with van der Waals surface area (Å²) in [5, 5.41) is 3.52. The molecule has 1 fully saturated rings. The Labute approximate surface area is 114 Å². The molecule has 0 spiro atoms. The smallest absolute Gasteiger partial charge is 0.318 e. The van der Waals surface area contributed by atoms with Crippen molar-refractivity contribution in [1.29, 1.82) is 0 Å². The van der Waals surface area contributed by atoms with Crippen LogP contribution >= 0.6 is 23.2 Å². The first-order valence-electron chi connectivity index (χ1n) is 5.35. The lowest BCUT2D eigenvalue weighted by molar-refractivity contribution is -0.149. The molecule has 1 amide bonds. The van der Waals surface area contributed by atoms with E-state index in [0.29, 0.717) is 22.2 Å². The third-order valence-electron chi connectivity index (χ3n) is 3.01. The molecule has 2 atom stereocenters. The highest BCUT2D eigenvalue weighted by Gasteiger charge is 2.43. The standard InChI is InChI=1S/C12H11Cl2NO3/c1-18-12(17)10-6(5-15-11(10)16)9-7(13)3-2-4-8(9)14/h2-4,6,10H,5H2,1H3,(H,15,16). The molecule has 1 aliphatic heterocycles. The maximum absolute atomic E-state index is 11.7. The second-order valence-corrected chi connectivity index (χ2v) is 4.80. The third kappa shape index (κ3) is 2.18. The molecule has 0 bridgehead atoms. The minimum atomic E-state index is -0.896. The van der Waals surface area contributed by atoms with Crippen LogP contribution in [0.1, 0.15) is 11.5 Å². The van der Waals surface area contributed by atoms with Crippen molar-refractivity contribution in [2.75, 3.05) is 13.7 Å². The van der Waals surface area contributed by atoms with E-state index in [4.69, 9.17) is 23.2 Å². The monoisotopic (exact) mass is 287 g/mol. The van der Waals surface area contributed by atoms with Gasteiger partial charge < -0.3 is 10.1 Å². The quantitative estimate of drug-likeness (QED) is 0.669. The molecular weight excluding hydrogens is 277 g/mol. The number of benzene rings is 1. The zero-order chi connectivity index (χ0) is 13.3.